The van der Waals surface area contributed by atoms with Crippen LogP contribution in [0.2, 0.25) is 0 Å². The first kappa shape index (κ1) is 22.2. The molecule has 3 heterocycles. The highest BCUT2D eigenvalue weighted by molar-refractivity contribution is 5.89. The number of hydrogen-bond acceptors (Lipinski definition) is 8. The van der Waals surface area contributed by atoms with Crippen molar-refractivity contribution >= 4 is 10.9 Å². The highest BCUT2D eigenvalue weighted by Gasteiger charge is 2.42. The second-order valence-electron chi connectivity index (χ2n) is 7.65. The number of ether oxygens (including phenoxy) is 2. The number of aliphatic hydroxyl groups is 4. The third kappa shape index (κ3) is 4.19. The van der Waals surface area contributed by atoms with Crippen LogP contribution < -0.4 is 4.74 Å². The van der Waals surface area contributed by atoms with Crippen LogP contribution in [0.5, 0.6) is 5.88 Å². The summed E-state index contributed by atoms with van der Waals surface area (Å²) in [5, 5.41) is 47.4. The molecule has 1 saturated heterocycles. The summed E-state index contributed by atoms with van der Waals surface area (Å²) in [6, 6.07) is 5.72. The van der Waals surface area contributed by atoms with Crippen LogP contribution >= 0.6 is 0 Å². The normalized spacial score (nSPS) is 25.4. The molecule has 5 N–H and O–H groups in total. The molecule has 1 aliphatic heterocycles. The fourth-order valence-corrected chi connectivity index (χ4v) is 3.74. The summed E-state index contributed by atoms with van der Waals surface area (Å²) < 4.78 is 10.9. The molecule has 1 fully saturated rings. The minimum Gasteiger partial charge on any atom is -0.478 e. The molecule has 3 aromatic rings. The third-order valence-electron chi connectivity index (χ3n) is 5.48. The second kappa shape index (κ2) is 9.24. The van der Waals surface area contributed by atoms with E-state index in [9.17, 15) is 20.4 Å². The number of aliphatic hydroxyl groups excluding tert-OH is 4. The van der Waals surface area contributed by atoms with E-state index in [1.165, 1.54) is 0 Å². The van der Waals surface area contributed by atoms with Crippen molar-refractivity contribution in [3.8, 4) is 28.8 Å². The van der Waals surface area contributed by atoms with Crippen molar-refractivity contribution in [2.24, 2.45) is 0 Å². The average molecular weight is 439 g/mol. The summed E-state index contributed by atoms with van der Waals surface area (Å²) in [5.74, 6) is 6.36. The number of nitrogens with one attached hydrogen (secondary N) is 1. The molecule has 0 saturated carbocycles. The topological polar surface area (TPSA) is 141 Å². The van der Waals surface area contributed by atoms with E-state index in [2.05, 4.69) is 27.0 Å². The largest absolute Gasteiger partial charge is 0.478 e. The zero-order chi connectivity index (χ0) is 22.8. The van der Waals surface area contributed by atoms with Crippen LogP contribution in [0.1, 0.15) is 18.1 Å². The zero-order valence-corrected chi connectivity index (χ0v) is 17.7. The predicted octanol–water partition coefficient (Wildman–Crippen LogP) is 0.526. The number of pyridine rings is 1. The van der Waals surface area contributed by atoms with Crippen molar-refractivity contribution in [2.75, 3.05) is 13.2 Å². The van der Waals surface area contributed by atoms with Crippen LogP contribution in [-0.4, -0.2) is 79.3 Å². The molecule has 0 spiro atoms. The van der Waals surface area contributed by atoms with Gasteiger partial charge in [-0.1, -0.05) is 11.8 Å². The molecule has 9 nitrogen and oxygen atoms in total. The molecule has 1 aliphatic rings. The molecular formula is C23H25N3O6. The van der Waals surface area contributed by atoms with Gasteiger partial charge in [-0.05, 0) is 37.1 Å². The smallest absolute Gasteiger partial charge is 0.213 e. The lowest BCUT2D eigenvalue weighted by molar-refractivity contribution is -0.214. The highest BCUT2D eigenvalue weighted by atomic mass is 16.5. The van der Waals surface area contributed by atoms with E-state index in [-0.39, 0.29) is 0 Å². The Morgan fingerprint density at radius 3 is 2.66 bits per heavy atom. The Balaban J connectivity index is 1.71. The minimum atomic E-state index is -1.48. The van der Waals surface area contributed by atoms with E-state index in [1.54, 1.807) is 12.4 Å². The summed E-state index contributed by atoms with van der Waals surface area (Å²) in [5.41, 5.74) is 4.10. The molecule has 5 atom stereocenters. The number of aromatic amines is 1. The van der Waals surface area contributed by atoms with Gasteiger partial charge in [-0.2, -0.15) is 5.10 Å². The minimum absolute atomic E-state index is 0.507. The van der Waals surface area contributed by atoms with Crippen molar-refractivity contribution in [1.82, 2.24) is 15.2 Å². The van der Waals surface area contributed by atoms with Gasteiger partial charge in [-0.25, -0.2) is 4.98 Å². The summed E-state index contributed by atoms with van der Waals surface area (Å²) in [4.78, 5) is 4.36. The molecule has 0 bridgehead atoms. The van der Waals surface area contributed by atoms with Crippen molar-refractivity contribution in [3.63, 3.8) is 0 Å². The summed E-state index contributed by atoms with van der Waals surface area (Å²) >= 11 is 0. The van der Waals surface area contributed by atoms with Gasteiger partial charge in [0.25, 0.3) is 0 Å². The Hall–Kier alpha value is -3.00. The molecule has 9 heteroatoms. The predicted molar refractivity (Wildman–Crippen MR) is 116 cm³/mol. The van der Waals surface area contributed by atoms with Gasteiger partial charge in [-0.3, -0.25) is 5.10 Å². The first-order valence-corrected chi connectivity index (χ1v) is 10.3. The van der Waals surface area contributed by atoms with Gasteiger partial charge >= 0.3 is 0 Å². The van der Waals surface area contributed by atoms with Gasteiger partial charge in [0.1, 0.15) is 30.5 Å². The standard InChI is InChI=1S/C23H25N3O6/c1-3-31-19-6-12(2)16(10-24-19)14-7-13(20-15(8-14)9-25-26-20)4-5-17-21(28)23(30)22(29)18(11-27)32-17/h6-10,17-18,21-23,27-30H,3,11H2,1-2H3,(H,25,26)/t17?,18?,21?,22-,23?/m1/s1. The second-order valence-corrected chi connectivity index (χ2v) is 7.65. The van der Waals surface area contributed by atoms with Gasteiger partial charge in [0.2, 0.25) is 5.88 Å². The molecule has 4 unspecified atom stereocenters. The first-order chi connectivity index (χ1) is 15.4. The van der Waals surface area contributed by atoms with Crippen LogP contribution in [0.15, 0.2) is 30.6 Å². The third-order valence-corrected chi connectivity index (χ3v) is 5.48. The van der Waals surface area contributed by atoms with E-state index in [0.717, 1.165) is 22.1 Å². The molecule has 0 amide bonds. The van der Waals surface area contributed by atoms with Crippen LogP contribution in [0.25, 0.3) is 22.0 Å². The van der Waals surface area contributed by atoms with E-state index >= 15 is 0 Å². The van der Waals surface area contributed by atoms with Gasteiger partial charge in [0.15, 0.2) is 0 Å². The molecule has 4 rings (SSSR count). The molecule has 2 aromatic heterocycles. The van der Waals surface area contributed by atoms with Crippen LogP contribution in [0, 0.1) is 18.8 Å². The van der Waals surface area contributed by atoms with E-state index < -0.39 is 37.1 Å². The Morgan fingerprint density at radius 1 is 1.12 bits per heavy atom. The number of nitrogens with zero attached hydrogens (tertiary/aromatic N) is 2. The molecule has 0 radical (unpaired) electrons. The van der Waals surface area contributed by atoms with Gasteiger partial charge in [0, 0.05) is 23.2 Å². The molecule has 32 heavy (non-hydrogen) atoms. The fourth-order valence-electron chi connectivity index (χ4n) is 3.74. The summed E-state index contributed by atoms with van der Waals surface area (Å²) in [6.07, 6.45) is -2.98. The van der Waals surface area contributed by atoms with Gasteiger partial charge in [-0.15, -0.1) is 0 Å². The maximum Gasteiger partial charge on any atom is 0.213 e. The highest BCUT2D eigenvalue weighted by Crippen LogP contribution is 2.30. The maximum atomic E-state index is 10.3. The number of aromatic nitrogens is 3. The monoisotopic (exact) mass is 439 g/mol. The number of benzene rings is 1. The Labute approximate surface area is 184 Å². The van der Waals surface area contributed by atoms with E-state index in [0.29, 0.717) is 23.6 Å². The summed E-state index contributed by atoms with van der Waals surface area (Å²) in [6.45, 7) is 3.90. The number of H-pyrrole nitrogens is 1. The van der Waals surface area contributed by atoms with Gasteiger partial charge < -0.3 is 29.9 Å². The number of hydrogen-bond donors (Lipinski definition) is 5. The first-order valence-electron chi connectivity index (χ1n) is 10.3. The van der Waals surface area contributed by atoms with Crippen molar-refractivity contribution in [1.29, 1.82) is 0 Å². The Bertz CT molecular complexity index is 1170. The van der Waals surface area contributed by atoms with E-state index in [4.69, 9.17) is 9.47 Å². The number of rotatable bonds is 4. The zero-order valence-electron chi connectivity index (χ0n) is 17.7. The quantitative estimate of drug-likeness (QED) is 0.371. The lowest BCUT2D eigenvalue weighted by atomic mass is 9.95. The maximum absolute atomic E-state index is 10.3. The van der Waals surface area contributed by atoms with E-state index in [1.807, 2.05) is 32.0 Å². The van der Waals surface area contributed by atoms with Crippen LogP contribution in [0.4, 0.5) is 0 Å². The SMILES string of the molecule is CCOc1cc(C)c(-c2cc(C#CC3OC(CO)[C@@H](O)C(O)C3O)c3[nH]ncc3c2)cn1. The molecule has 1 aromatic carbocycles. The fraction of sp³-hybridized carbons (Fsp3) is 0.391. The Morgan fingerprint density at radius 2 is 1.94 bits per heavy atom. The van der Waals surface area contributed by atoms with Gasteiger partial charge in [0.05, 0.1) is 30.5 Å². The lowest BCUT2D eigenvalue weighted by Crippen LogP contribution is -2.58. The number of fused-ring (bicyclic) bond motifs is 1. The summed E-state index contributed by atoms with van der Waals surface area (Å²) in [7, 11) is 0. The lowest BCUT2D eigenvalue weighted by Gasteiger charge is -2.37. The average Bonchev–Trinajstić information content (AvgIpc) is 3.26. The molecular weight excluding hydrogens is 414 g/mol. The molecule has 0 aliphatic carbocycles. The Kier molecular flexibility index (Phi) is 6.41. The van der Waals surface area contributed by atoms with Crippen LogP contribution in [-0.2, 0) is 4.74 Å². The van der Waals surface area contributed by atoms with Crippen molar-refractivity contribution in [3.05, 3.63) is 41.7 Å². The van der Waals surface area contributed by atoms with Crippen molar-refractivity contribution < 1.29 is 29.9 Å². The number of aryl methyl sites for hydroxylation is 1. The molecule has 168 valence electrons. The van der Waals surface area contributed by atoms with Crippen molar-refractivity contribution in [2.45, 2.75) is 44.4 Å². The van der Waals surface area contributed by atoms with Crippen LogP contribution in [0.3, 0.4) is 0 Å².